The highest BCUT2D eigenvalue weighted by Gasteiger charge is 2.24. The molecular formula is C16H20N2O3. The Bertz CT molecular complexity index is 550. The number of carbonyl (C=O) groups is 2. The molecule has 1 aliphatic carbocycles. The highest BCUT2D eigenvalue weighted by atomic mass is 16.4. The highest BCUT2D eigenvalue weighted by Crippen LogP contribution is 2.27. The predicted octanol–water partition coefficient (Wildman–Crippen LogP) is 2.44. The summed E-state index contributed by atoms with van der Waals surface area (Å²) in [5.74, 6) is -0.579. The van der Waals surface area contributed by atoms with E-state index in [-0.39, 0.29) is 5.91 Å². The Kier molecular flexibility index (Phi) is 5.09. The summed E-state index contributed by atoms with van der Waals surface area (Å²) < 4.78 is 0. The Morgan fingerprint density at radius 3 is 2.81 bits per heavy atom. The zero-order valence-electron chi connectivity index (χ0n) is 12.2. The van der Waals surface area contributed by atoms with Crippen LogP contribution < -0.4 is 0 Å². The molecule has 21 heavy (non-hydrogen) atoms. The van der Waals surface area contributed by atoms with Gasteiger partial charge in [0.05, 0.1) is 0 Å². The Hall–Kier alpha value is -2.17. The van der Waals surface area contributed by atoms with E-state index in [1.165, 1.54) is 25.3 Å². The molecule has 1 aliphatic rings. The number of hydrogen-bond acceptors (Lipinski definition) is 3. The van der Waals surface area contributed by atoms with Crippen LogP contribution >= 0.6 is 0 Å². The molecule has 1 N–H and O–H groups in total. The van der Waals surface area contributed by atoms with E-state index in [0.717, 1.165) is 12.6 Å². The first-order valence-electron chi connectivity index (χ1n) is 7.27. The molecule has 0 unspecified atom stereocenters. The maximum Gasteiger partial charge on any atom is 0.328 e. The summed E-state index contributed by atoms with van der Waals surface area (Å²) in [6, 6.07) is 3.40. The molecule has 1 amide bonds. The zero-order chi connectivity index (χ0) is 15.2. The van der Waals surface area contributed by atoms with E-state index in [9.17, 15) is 9.59 Å². The number of carboxylic acid groups (broad SMARTS) is 1. The Morgan fingerprint density at radius 1 is 1.48 bits per heavy atom. The van der Waals surface area contributed by atoms with Crippen LogP contribution in [0.3, 0.4) is 0 Å². The number of aliphatic carboxylic acids is 1. The third-order valence-electron chi connectivity index (χ3n) is 3.82. The van der Waals surface area contributed by atoms with Crippen LogP contribution in [0.4, 0.5) is 0 Å². The van der Waals surface area contributed by atoms with Gasteiger partial charge in [0.1, 0.15) is 5.69 Å². The predicted molar refractivity (Wildman–Crippen MR) is 79.8 cm³/mol. The number of carbonyl (C=O) groups excluding carboxylic acids is 1. The van der Waals surface area contributed by atoms with Crippen LogP contribution in [0.5, 0.6) is 0 Å². The minimum atomic E-state index is -1.04. The van der Waals surface area contributed by atoms with Gasteiger partial charge in [0.15, 0.2) is 0 Å². The summed E-state index contributed by atoms with van der Waals surface area (Å²) in [4.78, 5) is 29.2. The van der Waals surface area contributed by atoms with Crippen LogP contribution in [0.2, 0.25) is 0 Å². The van der Waals surface area contributed by atoms with Gasteiger partial charge in [-0.1, -0.05) is 12.5 Å². The first-order valence-corrected chi connectivity index (χ1v) is 7.27. The van der Waals surface area contributed by atoms with Crippen LogP contribution in [0.1, 0.15) is 42.2 Å². The Labute approximate surface area is 124 Å². The second-order valence-electron chi connectivity index (χ2n) is 5.25. The maximum absolute atomic E-state index is 12.6. The van der Waals surface area contributed by atoms with E-state index in [2.05, 4.69) is 4.98 Å². The van der Waals surface area contributed by atoms with E-state index in [1.54, 1.807) is 23.2 Å². The normalized spacial score (nSPS) is 14.9. The zero-order valence-corrected chi connectivity index (χ0v) is 12.2. The smallest absolute Gasteiger partial charge is 0.328 e. The van der Waals surface area contributed by atoms with Crippen molar-refractivity contribution >= 4 is 18.0 Å². The number of amides is 1. The lowest BCUT2D eigenvalue weighted by Crippen LogP contribution is -2.38. The molecule has 1 saturated carbocycles. The highest BCUT2D eigenvalue weighted by molar-refractivity contribution is 5.97. The molecule has 0 aliphatic heterocycles. The molecular weight excluding hydrogens is 268 g/mol. The first-order chi connectivity index (χ1) is 10.1. The van der Waals surface area contributed by atoms with Crippen LogP contribution in [0.15, 0.2) is 24.4 Å². The van der Waals surface area contributed by atoms with Crippen molar-refractivity contribution in [1.29, 1.82) is 0 Å². The fourth-order valence-electron chi connectivity index (χ4n) is 2.38. The van der Waals surface area contributed by atoms with E-state index >= 15 is 0 Å². The van der Waals surface area contributed by atoms with Gasteiger partial charge < -0.3 is 10.0 Å². The molecule has 112 valence electrons. The SMILES string of the molecule is CCN(CC1CCC1)C(=O)c1ncccc1/C=C/C(=O)O. The van der Waals surface area contributed by atoms with Crippen molar-refractivity contribution in [3.05, 3.63) is 35.7 Å². The van der Waals surface area contributed by atoms with Crippen molar-refractivity contribution in [2.75, 3.05) is 13.1 Å². The molecule has 0 bridgehead atoms. The fraction of sp³-hybridized carbons (Fsp3) is 0.438. The third kappa shape index (κ3) is 3.90. The monoisotopic (exact) mass is 288 g/mol. The second-order valence-corrected chi connectivity index (χ2v) is 5.25. The van der Waals surface area contributed by atoms with Gasteiger partial charge in [-0.25, -0.2) is 4.79 Å². The first kappa shape index (κ1) is 15.2. The second kappa shape index (κ2) is 7.02. The average molecular weight is 288 g/mol. The lowest BCUT2D eigenvalue weighted by atomic mass is 9.85. The molecule has 2 rings (SSSR count). The fourth-order valence-corrected chi connectivity index (χ4v) is 2.38. The number of rotatable bonds is 6. The number of hydrogen-bond donors (Lipinski definition) is 1. The lowest BCUT2D eigenvalue weighted by Gasteiger charge is -2.31. The molecule has 0 spiro atoms. The summed E-state index contributed by atoms with van der Waals surface area (Å²) in [5, 5.41) is 8.72. The van der Waals surface area contributed by atoms with Gasteiger partial charge in [-0.2, -0.15) is 0 Å². The maximum atomic E-state index is 12.6. The third-order valence-corrected chi connectivity index (χ3v) is 3.82. The van der Waals surface area contributed by atoms with Gasteiger partial charge in [0, 0.05) is 30.9 Å². The summed E-state index contributed by atoms with van der Waals surface area (Å²) in [5.41, 5.74) is 0.855. The molecule has 1 fully saturated rings. The number of aromatic nitrogens is 1. The van der Waals surface area contributed by atoms with Gasteiger partial charge in [0.2, 0.25) is 0 Å². The quantitative estimate of drug-likeness (QED) is 0.816. The van der Waals surface area contributed by atoms with Gasteiger partial charge in [-0.15, -0.1) is 0 Å². The summed E-state index contributed by atoms with van der Waals surface area (Å²) in [6.07, 6.45) is 7.60. The van der Waals surface area contributed by atoms with Crippen molar-refractivity contribution in [3.63, 3.8) is 0 Å². The van der Waals surface area contributed by atoms with Crippen LogP contribution in [0, 0.1) is 5.92 Å². The summed E-state index contributed by atoms with van der Waals surface area (Å²) in [7, 11) is 0. The average Bonchev–Trinajstić information content (AvgIpc) is 2.44. The topological polar surface area (TPSA) is 70.5 Å². The minimum absolute atomic E-state index is 0.130. The molecule has 5 heteroatoms. The van der Waals surface area contributed by atoms with E-state index < -0.39 is 5.97 Å². The van der Waals surface area contributed by atoms with Crippen LogP contribution in [-0.4, -0.2) is 40.0 Å². The number of carboxylic acids is 1. The van der Waals surface area contributed by atoms with E-state index in [1.807, 2.05) is 6.92 Å². The van der Waals surface area contributed by atoms with Crippen molar-refractivity contribution < 1.29 is 14.7 Å². The molecule has 1 aromatic rings. The van der Waals surface area contributed by atoms with Gasteiger partial charge in [-0.05, 0) is 37.8 Å². The molecule has 0 radical (unpaired) electrons. The Balaban J connectivity index is 2.18. The van der Waals surface area contributed by atoms with Gasteiger partial charge in [-0.3, -0.25) is 9.78 Å². The van der Waals surface area contributed by atoms with Crippen molar-refractivity contribution in [3.8, 4) is 0 Å². The summed E-state index contributed by atoms with van der Waals surface area (Å²) in [6.45, 7) is 3.34. The van der Waals surface area contributed by atoms with Crippen molar-refractivity contribution in [2.24, 2.45) is 5.92 Å². The molecule has 0 atom stereocenters. The molecule has 5 nitrogen and oxygen atoms in total. The number of nitrogens with zero attached hydrogens (tertiary/aromatic N) is 2. The molecule has 0 aromatic carbocycles. The van der Waals surface area contributed by atoms with Gasteiger partial charge in [0.25, 0.3) is 5.91 Å². The van der Waals surface area contributed by atoms with Crippen molar-refractivity contribution in [1.82, 2.24) is 9.88 Å². The lowest BCUT2D eigenvalue weighted by molar-refractivity contribution is -0.131. The largest absolute Gasteiger partial charge is 0.478 e. The van der Waals surface area contributed by atoms with Crippen LogP contribution in [-0.2, 0) is 4.79 Å². The van der Waals surface area contributed by atoms with Crippen LogP contribution in [0.25, 0.3) is 6.08 Å². The summed E-state index contributed by atoms with van der Waals surface area (Å²) >= 11 is 0. The minimum Gasteiger partial charge on any atom is -0.478 e. The molecule has 1 aromatic heterocycles. The Morgan fingerprint density at radius 2 is 2.24 bits per heavy atom. The van der Waals surface area contributed by atoms with E-state index in [0.29, 0.717) is 23.7 Å². The van der Waals surface area contributed by atoms with Gasteiger partial charge >= 0.3 is 5.97 Å². The molecule has 1 heterocycles. The van der Waals surface area contributed by atoms with E-state index in [4.69, 9.17) is 5.11 Å². The standard InChI is InChI=1S/C16H20N2O3/c1-2-18(11-12-5-3-6-12)16(21)15-13(7-4-10-17-15)8-9-14(19)20/h4,7-10,12H,2-3,5-6,11H2,1H3,(H,19,20)/b9-8+. The number of pyridine rings is 1. The molecule has 0 saturated heterocycles. The van der Waals surface area contributed by atoms with Crippen molar-refractivity contribution in [2.45, 2.75) is 26.2 Å².